The average molecular weight is 467 g/mol. The van der Waals surface area contributed by atoms with E-state index in [4.69, 9.17) is 9.47 Å². The molecule has 0 heterocycles. The van der Waals surface area contributed by atoms with Gasteiger partial charge in [-0.25, -0.2) is 4.79 Å². The molecule has 0 spiro atoms. The Labute approximate surface area is 205 Å². The summed E-state index contributed by atoms with van der Waals surface area (Å²) in [6, 6.07) is 13.4. The minimum Gasteiger partial charge on any atom is -0.478 e. The van der Waals surface area contributed by atoms with E-state index in [-0.39, 0.29) is 17.6 Å². The topological polar surface area (TPSA) is 55.8 Å². The summed E-state index contributed by atoms with van der Waals surface area (Å²) in [5.41, 5.74) is 4.29. The van der Waals surface area contributed by atoms with Crippen molar-refractivity contribution >= 4 is 5.97 Å². The molecule has 1 fully saturated rings. The van der Waals surface area contributed by atoms with Crippen molar-refractivity contribution in [3.8, 4) is 11.1 Å². The zero-order valence-corrected chi connectivity index (χ0v) is 21.6. The summed E-state index contributed by atoms with van der Waals surface area (Å²) >= 11 is 0. The van der Waals surface area contributed by atoms with Gasteiger partial charge in [-0.15, -0.1) is 0 Å². The van der Waals surface area contributed by atoms with Crippen LogP contribution < -0.4 is 0 Å². The molecular formula is C30H42O4. The molecule has 4 heteroatoms. The molecule has 2 aromatic rings. The third-order valence-corrected chi connectivity index (χ3v) is 7.00. The maximum Gasteiger partial charge on any atom is 0.336 e. The van der Waals surface area contributed by atoms with E-state index in [0.717, 1.165) is 35.3 Å². The van der Waals surface area contributed by atoms with Gasteiger partial charge in [-0.2, -0.15) is 0 Å². The monoisotopic (exact) mass is 466 g/mol. The van der Waals surface area contributed by atoms with Crippen LogP contribution in [0, 0.1) is 18.3 Å². The van der Waals surface area contributed by atoms with Crippen LogP contribution in [0.25, 0.3) is 11.1 Å². The van der Waals surface area contributed by atoms with Gasteiger partial charge in [0.05, 0.1) is 24.4 Å². The second kappa shape index (κ2) is 12.0. The Morgan fingerprint density at radius 3 is 2.38 bits per heavy atom. The van der Waals surface area contributed by atoms with Crippen LogP contribution in [0.1, 0.15) is 87.7 Å². The van der Waals surface area contributed by atoms with Crippen LogP contribution in [0.2, 0.25) is 0 Å². The molecule has 0 bridgehead atoms. The van der Waals surface area contributed by atoms with E-state index in [9.17, 15) is 9.90 Å². The predicted octanol–water partition coefficient (Wildman–Crippen LogP) is 7.67. The molecule has 0 amide bonds. The molecule has 1 aliphatic carbocycles. The van der Waals surface area contributed by atoms with Gasteiger partial charge in [0.2, 0.25) is 0 Å². The molecule has 2 aromatic carbocycles. The molecule has 0 radical (unpaired) electrons. The number of carboxylic acid groups (broad SMARTS) is 1. The Hall–Kier alpha value is -2.17. The third kappa shape index (κ3) is 7.41. The number of aromatic carboxylic acids is 1. The standard InChI is InChI=1S/C30H42O4/c1-21-11-9-10-14-25(21)27-19-23(15-16-26(27)29(31)32)20-34-22(2)28(24-12-7-6-8-13-24)33-18-17-30(3,4)5/h9-11,14-16,19,22,24,28H,6-8,12-13,17-18,20H2,1-5H3,(H,31,32)/t22-,28?/m0/s1. The molecule has 1 aliphatic rings. The summed E-state index contributed by atoms with van der Waals surface area (Å²) in [6.45, 7) is 12.1. The zero-order valence-electron chi connectivity index (χ0n) is 21.6. The smallest absolute Gasteiger partial charge is 0.336 e. The highest BCUT2D eigenvalue weighted by Gasteiger charge is 2.30. The van der Waals surface area contributed by atoms with Crippen LogP contribution >= 0.6 is 0 Å². The van der Waals surface area contributed by atoms with Gasteiger partial charge in [0, 0.05) is 6.61 Å². The fourth-order valence-corrected chi connectivity index (χ4v) is 4.91. The highest BCUT2D eigenvalue weighted by Crippen LogP contribution is 2.32. The maximum absolute atomic E-state index is 11.9. The normalized spacial score (nSPS) is 16.9. The molecule has 0 saturated heterocycles. The summed E-state index contributed by atoms with van der Waals surface area (Å²) in [5, 5.41) is 9.74. The summed E-state index contributed by atoms with van der Waals surface area (Å²) in [5.74, 6) is -0.371. The van der Waals surface area contributed by atoms with Crippen molar-refractivity contribution in [3.05, 3.63) is 59.2 Å². The average Bonchev–Trinajstić information content (AvgIpc) is 2.80. The lowest BCUT2D eigenvalue weighted by Gasteiger charge is -2.35. The van der Waals surface area contributed by atoms with Gasteiger partial charge in [0.25, 0.3) is 0 Å². The minimum atomic E-state index is -0.913. The van der Waals surface area contributed by atoms with Crippen LogP contribution in [0.15, 0.2) is 42.5 Å². The van der Waals surface area contributed by atoms with Gasteiger partial charge in [-0.1, -0.05) is 70.4 Å². The van der Waals surface area contributed by atoms with Crippen molar-refractivity contribution in [1.82, 2.24) is 0 Å². The lowest BCUT2D eigenvalue weighted by Crippen LogP contribution is -2.38. The summed E-state index contributed by atoms with van der Waals surface area (Å²) in [6.07, 6.45) is 7.37. The Morgan fingerprint density at radius 2 is 1.74 bits per heavy atom. The number of ether oxygens (including phenoxy) is 2. The van der Waals surface area contributed by atoms with Gasteiger partial charge in [-0.05, 0) is 78.8 Å². The maximum atomic E-state index is 11.9. The lowest BCUT2D eigenvalue weighted by molar-refractivity contribution is -0.105. The van der Waals surface area contributed by atoms with Crippen molar-refractivity contribution in [1.29, 1.82) is 0 Å². The molecule has 1 N–H and O–H groups in total. The van der Waals surface area contributed by atoms with E-state index in [2.05, 4.69) is 27.7 Å². The van der Waals surface area contributed by atoms with Gasteiger partial charge >= 0.3 is 5.97 Å². The molecular weight excluding hydrogens is 424 g/mol. The molecule has 0 aromatic heterocycles. The zero-order chi connectivity index (χ0) is 24.7. The second-order valence-electron chi connectivity index (χ2n) is 11.1. The fraction of sp³-hybridized carbons (Fsp3) is 0.567. The van der Waals surface area contributed by atoms with Crippen molar-refractivity contribution < 1.29 is 19.4 Å². The van der Waals surface area contributed by atoms with Crippen molar-refractivity contribution in [2.75, 3.05) is 6.61 Å². The largest absolute Gasteiger partial charge is 0.478 e. The van der Waals surface area contributed by atoms with Gasteiger partial charge in [0.1, 0.15) is 0 Å². The number of rotatable bonds is 10. The number of aryl methyl sites for hydroxylation is 1. The highest BCUT2D eigenvalue weighted by atomic mass is 16.5. The van der Waals surface area contributed by atoms with Crippen LogP contribution in [0.4, 0.5) is 0 Å². The van der Waals surface area contributed by atoms with Crippen LogP contribution in [-0.4, -0.2) is 29.9 Å². The predicted molar refractivity (Wildman–Crippen MR) is 138 cm³/mol. The Balaban J connectivity index is 1.74. The summed E-state index contributed by atoms with van der Waals surface area (Å²) in [4.78, 5) is 11.9. The van der Waals surface area contributed by atoms with E-state index in [1.807, 2.05) is 43.3 Å². The molecule has 1 unspecified atom stereocenters. The quantitative estimate of drug-likeness (QED) is 0.390. The van der Waals surface area contributed by atoms with Crippen LogP contribution in [0.3, 0.4) is 0 Å². The van der Waals surface area contributed by atoms with E-state index in [0.29, 0.717) is 18.1 Å². The Morgan fingerprint density at radius 1 is 1.03 bits per heavy atom. The number of carboxylic acids is 1. The summed E-state index contributed by atoms with van der Waals surface area (Å²) in [7, 11) is 0. The molecule has 1 saturated carbocycles. The first kappa shape index (κ1) is 26.4. The van der Waals surface area contributed by atoms with Crippen molar-refractivity contribution in [2.45, 2.75) is 92.0 Å². The van der Waals surface area contributed by atoms with Crippen molar-refractivity contribution in [2.24, 2.45) is 11.3 Å². The van der Waals surface area contributed by atoms with Gasteiger partial charge < -0.3 is 14.6 Å². The van der Waals surface area contributed by atoms with Crippen LogP contribution in [-0.2, 0) is 16.1 Å². The Kier molecular flexibility index (Phi) is 9.32. The fourth-order valence-electron chi connectivity index (χ4n) is 4.91. The first-order valence-electron chi connectivity index (χ1n) is 12.8. The molecule has 34 heavy (non-hydrogen) atoms. The number of hydrogen-bond acceptors (Lipinski definition) is 3. The third-order valence-electron chi connectivity index (χ3n) is 7.00. The molecule has 0 aliphatic heterocycles. The molecule has 4 nitrogen and oxygen atoms in total. The van der Waals surface area contributed by atoms with Crippen molar-refractivity contribution in [3.63, 3.8) is 0 Å². The first-order valence-corrected chi connectivity index (χ1v) is 12.8. The number of carbonyl (C=O) groups is 1. The van der Waals surface area contributed by atoms with Gasteiger partial charge in [0.15, 0.2) is 0 Å². The van der Waals surface area contributed by atoms with E-state index >= 15 is 0 Å². The number of benzene rings is 2. The summed E-state index contributed by atoms with van der Waals surface area (Å²) < 4.78 is 12.8. The SMILES string of the molecule is Cc1ccccc1-c1cc(CO[C@@H](C)C(OCCC(C)(C)C)C2CCCCC2)ccc1C(=O)O. The lowest BCUT2D eigenvalue weighted by atomic mass is 9.83. The van der Waals surface area contributed by atoms with Crippen LogP contribution in [0.5, 0.6) is 0 Å². The van der Waals surface area contributed by atoms with E-state index in [1.54, 1.807) is 6.07 Å². The second-order valence-corrected chi connectivity index (χ2v) is 11.1. The Bertz CT molecular complexity index is 937. The minimum absolute atomic E-state index is 0.0240. The number of hydrogen-bond donors (Lipinski definition) is 1. The molecule has 3 rings (SSSR count). The molecule has 2 atom stereocenters. The van der Waals surface area contributed by atoms with E-state index < -0.39 is 5.97 Å². The first-order chi connectivity index (χ1) is 16.2. The molecule has 186 valence electrons. The van der Waals surface area contributed by atoms with E-state index in [1.165, 1.54) is 32.1 Å². The highest BCUT2D eigenvalue weighted by molar-refractivity contribution is 5.96. The van der Waals surface area contributed by atoms with Gasteiger partial charge in [-0.3, -0.25) is 0 Å².